The summed E-state index contributed by atoms with van der Waals surface area (Å²) in [7, 11) is 0. The van der Waals surface area contributed by atoms with E-state index in [9.17, 15) is 19.6 Å². The number of nitro groups is 1. The molecule has 110 valence electrons. The molecule has 5 nitrogen and oxygen atoms in total. The fraction of sp³-hybridized carbons (Fsp3) is 0.200. The van der Waals surface area contributed by atoms with Gasteiger partial charge in [-0.3, -0.25) is 10.1 Å². The van der Waals surface area contributed by atoms with E-state index >= 15 is 0 Å². The summed E-state index contributed by atoms with van der Waals surface area (Å²) in [6.45, 7) is 1.66. The number of aryl methyl sites for hydroxylation is 1. The molecule has 0 saturated heterocycles. The summed E-state index contributed by atoms with van der Waals surface area (Å²) in [5.74, 6) is 0.0832. The second-order valence-electron chi connectivity index (χ2n) is 4.59. The topological polar surface area (TPSA) is 72.6 Å². The van der Waals surface area contributed by atoms with E-state index in [2.05, 4.69) is 0 Å². The highest BCUT2D eigenvalue weighted by atomic mass is 19.1. The van der Waals surface area contributed by atoms with Crippen LogP contribution in [0.3, 0.4) is 0 Å². The molecule has 0 heterocycles. The van der Waals surface area contributed by atoms with Gasteiger partial charge in [0.25, 0.3) is 5.69 Å². The van der Waals surface area contributed by atoms with Crippen LogP contribution in [0.5, 0.6) is 5.75 Å². The van der Waals surface area contributed by atoms with Crippen LogP contribution in [0.4, 0.5) is 10.1 Å². The molecule has 2 aromatic rings. The molecule has 2 rings (SSSR count). The maximum absolute atomic E-state index is 12.8. The molecule has 0 aliphatic carbocycles. The first-order valence-electron chi connectivity index (χ1n) is 6.29. The number of nitrogens with zero attached hydrogens (tertiary/aromatic N) is 1. The van der Waals surface area contributed by atoms with Gasteiger partial charge in [-0.05, 0) is 36.2 Å². The van der Waals surface area contributed by atoms with Gasteiger partial charge in [0.2, 0.25) is 0 Å². The summed E-state index contributed by atoms with van der Waals surface area (Å²) < 4.78 is 18.2. The lowest BCUT2D eigenvalue weighted by atomic mass is 10.1. The van der Waals surface area contributed by atoms with Gasteiger partial charge in [0.05, 0.1) is 4.92 Å². The van der Waals surface area contributed by atoms with Crippen LogP contribution in [0.15, 0.2) is 42.5 Å². The van der Waals surface area contributed by atoms with Gasteiger partial charge in [-0.25, -0.2) is 4.39 Å². The van der Waals surface area contributed by atoms with Crippen LogP contribution in [-0.2, 0) is 0 Å². The Bertz CT molecular complexity index is 643. The van der Waals surface area contributed by atoms with E-state index in [4.69, 9.17) is 4.74 Å². The molecule has 0 aromatic heterocycles. The minimum atomic E-state index is -0.903. The molecule has 0 spiro atoms. The van der Waals surface area contributed by atoms with Gasteiger partial charge in [-0.15, -0.1) is 0 Å². The number of rotatable bonds is 5. The standard InChI is InChI=1S/C15H14FNO4/c1-10-8-13(17(19)20)6-7-15(10)21-9-14(18)11-2-4-12(16)5-3-11/h2-8,14,18H,9H2,1H3. The summed E-state index contributed by atoms with van der Waals surface area (Å²) in [4.78, 5) is 10.2. The first-order valence-corrected chi connectivity index (χ1v) is 6.29. The van der Waals surface area contributed by atoms with Gasteiger partial charge in [-0.2, -0.15) is 0 Å². The smallest absolute Gasteiger partial charge is 0.269 e. The van der Waals surface area contributed by atoms with Gasteiger partial charge in [0.1, 0.15) is 24.3 Å². The molecule has 0 saturated carbocycles. The van der Waals surface area contributed by atoms with Crippen molar-refractivity contribution in [1.29, 1.82) is 0 Å². The van der Waals surface area contributed by atoms with Gasteiger partial charge >= 0.3 is 0 Å². The van der Waals surface area contributed by atoms with Crippen LogP contribution in [0.25, 0.3) is 0 Å². The SMILES string of the molecule is Cc1cc([N+](=O)[O-])ccc1OCC(O)c1ccc(F)cc1. The van der Waals surface area contributed by atoms with E-state index in [1.807, 2.05) is 0 Å². The number of ether oxygens (including phenoxy) is 1. The highest BCUT2D eigenvalue weighted by Gasteiger charge is 2.12. The second-order valence-corrected chi connectivity index (χ2v) is 4.59. The third-order valence-electron chi connectivity index (χ3n) is 3.02. The molecule has 0 bridgehead atoms. The van der Waals surface area contributed by atoms with Crippen LogP contribution < -0.4 is 4.74 Å². The molecule has 0 aliphatic heterocycles. The molecular formula is C15H14FNO4. The van der Waals surface area contributed by atoms with Crippen LogP contribution in [0.2, 0.25) is 0 Å². The fourth-order valence-electron chi connectivity index (χ4n) is 1.86. The largest absolute Gasteiger partial charge is 0.490 e. The third-order valence-corrected chi connectivity index (χ3v) is 3.02. The van der Waals surface area contributed by atoms with Crippen molar-refractivity contribution in [3.63, 3.8) is 0 Å². The van der Waals surface area contributed by atoms with E-state index in [0.29, 0.717) is 16.9 Å². The van der Waals surface area contributed by atoms with E-state index in [-0.39, 0.29) is 18.1 Å². The Morgan fingerprint density at radius 2 is 1.95 bits per heavy atom. The number of non-ortho nitro benzene ring substituents is 1. The molecule has 21 heavy (non-hydrogen) atoms. The van der Waals surface area contributed by atoms with Crippen molar-refractivity contribution >= 4 is 5.69 Å². The number of hydrogen-bond donors (Lipinski definition) is 1. The number of aliphatic hydroxyl groups is 1. The molecule has 0 radical (unpaired) electrons. The van der Waals surface area contributed by atoms with Crippen molar-refractivity contribution in [2.75, 3.05) is 6.61 Å². The quantitative estimate of drug-likeness (QED) is 0.678. The zero-order valence-electron chi connectivity index (χ0n) is 11.3. The lowest BCUT2D eigenvalue weighted by Crippen LogP contribution is -2.10. The molecule has 1 N–H and O–H groups in total. The van der Waals surface area contributed by atoms with Crippen molar-refractivity contribution < 1.29 is 19.2 Å². The monoisotopic (exact) mass is 291 g/mol. The fourth-order valence-corrected chi connectivity index (χ4v) is 1.86. The third kappa shape index (κ3) is 3.76. The van der Waals surface area contributed by atoms with E-state index in [1.165, 1.54) is 42.5 Å². The van der Waals surface area contributed by atoms with Crippen LogP contribution >= 0.6 is 0 Å². The lowest BCUT2D eigenvalue weighted by Gasteiger charge is -2.14. The Morgan fingerprint density at radius 1 is 1.29 bits per heavy atom. The van der Waals surface area contributed by atoms with Gasteiger partial charge in [0.15, 0.2) is 0 Å². The average Bonchev–Trinajstić information content (AvgIpc) is 2.46. The minimum Gasteiger partial charge on any atom is -0.490 e. The number of nitro benzene ring substituents is 1. The lowest BCUT2D eigenvalue weighted by molar-refractivity contribution is -0.384. The van der Waals surface area contributed by atoms with Crippen molar-refractivity contribution in [3.05, 3.63) is 69.5 Å². The van der Waals surface area contributed by atoms with E-state index in [1.54, 1.807) is 6.92 Å². The predicted octanol–water partition coefficient (Wildman–Crippen LogP) is 3.15. The maximum Gasteiger partial charge on any atom is 0.269 e. The van der Waals surface area contributed by atoms with Gasteiger partial charge in [-0.1, -0.05) is 12.1 Å². The minimum absolute atomic E-state index is 0.0149. The predicted molar refractivity (Wildman–Crippen MR) is 74.7 cm³/mol. The Hall–Kier alpha value is -2.47. The summed E-state index contributed by atoms with van der Waals surface area (Å²) in [6, 6.07) is 9.71. The molecule has 0 amide bonds. The summed E-state index contributed by atoms with van der Waals surface area (Å²) in [5.41, 5.74) is 1.13. The maximum atomic E-state index is 12.8. The van der Waals surface area contributed by atoms with Crippen LogP contribution in [-0.4, -0.2) is 16.6 Å². The highest BCUT2D eigenvalue weighted by molar-refractivity contribution is 5.43. The van der Waals surface area contributed by atoms with Gasteiger partial charge < -0.3 is 9.84 Å². The zero-order valence-corrected chi connectivity index (χ0v) is 11.3. The number of hydrogen-bond acceptors (Lipinski definition) is 4. The summed E-state index contributed by atoms with van der Waals surface area (Å²) in [5, 5.41) is 20.6. The molecule has 0 fully saturated rings. The van der Waals surface area contributed by atoms with Crippen LogP contribution in [0, 0.1) is 22.9 Å². The van der Waals surface area contributed by atoms with Crippen molar-refractivity contribution in [2.45, 2.75) is 13.0 Å². The molecular weight excluding hydrogens is 277 g/mol. The molecule has 2 aromatic carbocycles. The Kier molecular flexibility index (Phi) is 4.49. The first kappa shape index (κ1) is 14.9. The van der Waals surface area contributed by atoms with Crippen molar-refractivity contribution in [3.8, 4) is 5.75 Å². The molecule has 1 atom stereocenters. The Balaban J connectivity index is 2.02. The number of benzene rings is 2. The summed E-state index contributed by atoms with van der Waals surface area (Å²) >= 11 is 0. The van der Waals surface area contributed by atoms with Crippen LogP contribution in [0.1, 0.15) is 17.2 Å². The molecule has 6 heteroatoms. The average molecular weight is 291 g/mol. The van der Waals surface area contributed by atoms with E-state index < -0.39 is 11.0 Å². The Morgan fingerprint density at radius 3 is 2.52 bits per heavy atom. The molecule has 1 unspecified atom stereocenters. The Labute approximate surface area is 120 Å². The number of aliphatic hydroxyl groups excluding tert-OH is 1. The van der Waals surface area contributed by atoms with Crippen molar-refractivity contribution in [2.24, 2.45) is 0 Å². The number of halogens is 1. The normalized spacial score (nSPS) is 12.0. The zero-order chi connectivity index (χ0) is 15.4. The highest BCUT2D eigenvalue weighted by Crippen LogP contribution is 2.24. The first-order chi connectivity index (χ1) is 9.97. The van der Waals surface area contributed by atoms with Gasteiger partial charge in [0, 0.05) is 12.1 Å². The van der Waals surface area contributed by atoms with E-state index in [0.717, 1.165) is 0 Å². The molecule has 0 aliphatic rings. The summed E-state index contributed by atoms with van der Waals surface area (Å²) in [6.07, 6.45) is -0.903. The van der Waals surface area contributed by atoms with Crippen molar-refractivity contribution in [1.82, 2.24) is 0 Å². The second kappa shape index (κ2) is 6.32.